The maximum atomic E-state index is 9.33. The molecule has 5 nitrogen and oxygen atoms in total. The summed E-state index contributed by atoms with van der Waals surface area (Å²) in [6, 6.07) is 4.03. The standard InChI is InChI=1S/C16H26N4O/c1-4-21-6-5-20-14(9-17)8-15(18)16(20)19-10-12(2)7-13(3)11-19/h8,12-13H,4-7,10-11,18H2,1-3H3/t12-,13-/m1/s1. The van der Waals surface area contributed by atoms with Crippen LogP contribution in [0.1, 0.15) is 32.9 Å². The molecule has 2 rings (SSSR count). The second-order valence-corrected chi connectivity index (χ2v) is 6.12. The molecule has 21 heavy (non-hydrogen) atoms. The molecule has 0 aromatic carbocycles. The predicted molar refractivity (Wildman–Crippen MR) is 85.2 cm³/mol. The molecule has 1 aliphatic heterocycles. The number of anilines is 2. The van der Waals surface area contributed by atoms with E-state index in [-0.39, 0.29) is 0 Å². The Labute approximate surface area is 127 Å². The van der Waals surface area contributed by atoms with Crippen LogP contribution in [0.4, 0.5) is 11.5 Å². The van der Waals surface area contributed by atoms with Gasteiger partial charge in [0.15, 0.2) is 0 Å². The van der Waals surface area contributed by atoms with Gasteiger partial charge in [-0.3, -0.25) is 0 Å². The van der Waals surface area contributed by atoms with Crippen LogP contribution in [0.2, 0.25) is 0 Å². The molecule has 0 radical (unpaired) electrons. The third-order valence-corrected chi connectivity index (χ3v) is 4.04. The first kappa shape index (κ1) is 15.7. The molecule has 1 aromatic heterocycles. The van der Waals surface area contributed by atoms with Crippen LogP contribution in [0.25, 0.3) is 0 Å². The van der Waals surface area contributed by atoms with Crippen molar-refractivity contribution in [2.45, 2.75) is 33.7 Å². The van der Waals surface area contributed by atoms with Crippen LogP contribution < -0.4 is 10.6 Å². The Bertz CT molecular complexity index is 507. The van der Waals surface area contributed by atoms with Gasteiger partial charge in [-0.2, -0.15) is 5.26 Å². The normalized spacial score (nSPS) is 22.3. The summed E-state index contributed by atoms with van der Waals surface area (Å²) >= 11 is 0. The van der Waals surface area contributed by atoms with Crippen LogP contribution in [0.5, 0.6) is 0 Å². The van der Waals surface area contributed by atoms with E-state index in [0.29, 0.717) is 43.0 Å². The van der Waals surface area contributed by atoms with E-state index in [2.05, 4.69) is 24.8 Å². The summed E-state index contributed by atoms with van der Waals surface area (Å²) in [5, 5.41) is 9.33. The van der Waals surface area contributed by atoms with Gasteiger partial charge in [0, 0.05) is 26.2 Å². The number of aromatic nitrogens is 1. The lowest BCUT2D eigenvalue weighted by atomic mass is 9.92. The van der Waals surface area contributed by atoms with Gasteiger partial charge < -0.3 is 19.9 Å². The summed E-state index contributed by atoms with van der Waals surface area (Å²) < 4.78 is 7.45. The highest BCUT2D eigenvalue weighted by Crippen LogP contribution is 2.32. The summed E-state index contributed by atoms with van der Waals surface area (Å²) in [5.41, 5.74) is 7.51. The van der Waals surface area contributed by atoms with Gasteiger partial charge in [-0.05, 0) is 31.2 Å². The first-order chi connectivity index (χ1) is 10.1. The van der Waals surface area contributed by atoms with Crippen molar-refractivity contribution in [2.24, 2.45) is 11.8 Å². The number of nitriles is 1. The molecule has 2 atom stereocenters. The van der Waals surface area contributed by atoms with Gasteiger partial charge in [0.05, 0.1) is 12.3 Å². The van der Waals surface area contributed by atoms with Crippen molar-refractivity contribution in [2.75, 3.05) is 36.9 Å². The van der Waals surface area contributed by atoms with Gasteiger partial charge in [0.2, 0.25) is 0 Å². The molecule has 1 fully saturated rings. The molecule has 2 heterocycles. The van der Waals surface area contributed by atoms with E-state index in [4.69, 9.17) is 10.5 Å². The maximum Gasteiger partial charge on any atom is 0.133 e. The topological polar surface area (TPSA) is 67.2 Å². The van der Waals surface area contributed by atoms with Gasteiger partial charge in [-0.1, -0.05) is 13.8 Å². The Kier molecular flexibility index (Phi) is 5.13. The van der Waals surface area contributed by atoms with Gasteiger partial charge >= 0.3 is 0 Å². The maximum absolute atomic E-state index is 9.33. The number of nitrogen functional groups attached to an aromatic ring is 1. The Balaban J connectivity index is 2.28. The Morgan fingerprint density at radius 3 is 2.62 bits per heavy atom. The van der Waals surface area contributed by atoms with Crippen LogP contribution in [0.3, 0.4) is 0 Å². The molecule has 1 saturated heterocycles. The number of hydrogen-bond donors (Lipinski definition) is 1. The monoisotopic (exact) mass is 290 g/mol. The Morgan fingerprint density at radius 1 is 1.38 bits per heavy atom. The van der Waals surface area contributed by atoms with Crippen molar-refractivity contribution in [1.29, 1.82) is 5.26 Å². The number of nitrogens with zero attached hydrogens (tertiary/aromatic N) is 3. The lowest BCUT2D eigenvalue weighted by Crippen LogP contribution is -2.40. The third kappa shape index (κ3) is 3.51. The SMILES string of the molecule is CCOCCn1c(C#N)cc(N)c1N1C[C@H](C)C[C@@H](C)C1. The highest BCUT2D eigenvalue weighted by atomic mass is 16.5. The summed E-state index contributed by atoms with van der Waals surface area (Å²) in [6.45, 7) is 10.5. The van der Waals surface area contributed by atoms with E-state index >= 15 is 0 Å². The number of ether oxygens (including phenoxy) is 1. The van der Waals surface area contributed by atoms with E-state index in [1.54, 1.807) is 6.07 Å². The summed E-state index contributed by atoms with van der Waals surface area (Å²) in [4.78, 5) is 2.33. The van der Waals surface area contributed by atoms with Crippen molar-refractivity contribution in [3.05, 3.63) is 11.8 Å². The fourth-order valence-corrected chi connectivity index (χ4v) is 3.37. The quantitative estimate of drug-likeness (QED) is 0.846. The third-order valence-electron chi connectivity index (χ3n) is 4.04. The molecule has 5 heteroatoms. The predicted octanol–water partition coefficient (Wildman–Crippen LogP) is 2.46. The molecular formula is C16H26N4O. The zero-order valence-electron chi connectivity index (χ0n) is 13.3. The van der Waals surface area contributed by atoms with E-state index < -0.39 is 0 Å². The fourth-order valence-electron chi connectivity index (χ4n) is 3.37. The highest BCUT2D eigenvalue weighted by Gasteiger charge is 2.26. The number of nitrogens with two attached hydrogens (primary N) is 1. The van der Waals surface area contributed by atoms with Crippen molar-refractivity contribution in [1.82, 2.24) is 4.57 Å². The molecular weight excluding hydrogens is 264 g/mol. The minimum atomic E-state index is 0.602. The average molecular weight is 290 g/mol. The van der Waals surface area contributed by atoms with Crippen LogP contribution in [-0.2, 0) is 11.3 Å². The van der Waals surface area contributed by atoms with E-state index in [9.17, 15) is 5.26 Å². The summed E-state index contributed by atoms with van der Waals surface area (Å²) in [5.74, 6) is 2.28. The van der Waals surface area contributed by atoms with E-state index in [0.717, 1.165) is 18.9 Å². The largest absolute Gasteiger partial charge is 0.396 e. The summed E-state index contributed by atoms with van der Waals surface area (Å²) in [6.07, 6.45) is 1.25. The molecule has 0 spiro atoms. The van der Waals surface area contributed by atoms with Crippen molar-refractivity contribution >= 4 is 11.5 Å². The Morgan fingerprint density at radius 2 is 2.05 bits per heavy atom. The first-order valence-corrected chi connectivity index (χ1v) is 7.78. The fraction of sp³-hybridized carbons (Fsp3) is 0.688. The molecule has 1 aromatic rings. The zero-order chi connectivity index (χ0) is 15.4. The number of piperidine rings is 1. The zero-order valence-corrected chi connectivity index (χ0v) is 13.3. The van der Waals surface area contributed by atoms with Gasteiger partial charge in [-0.15, -0.1) is 0 Å². The van der Waals surface area contributed by atoms with Crippen molar-refractivity contribution in [3.63, 3.8) is 0 Å². The minimum Gasteiger partial charge on any atom is -0.396 e. The molecule has 0 bridgehead atoms. The van der Waals surface area contributed by atoms with Crippen LogP contribution in [-0.4, -0.2) is 30.9 Å². The average Bonchev–Trinajstić information content (AvgIpc) is 2.74. The Hall–Kier alpha value is -1.67. The summed E-state index contributed by atoms with van der Waals surface area (Å²) in [7, 11) is 0. The van der Waals surface area contributed by atoms with Crippen LogP contribution in [0.15, 0.2) is 6.07 Å². The molecule has 116 valence electrons. The first-order valence-electron chi connectivity index (χ1n) is 7.78. The molecule has 0 unspecified atom stereocenters. The van der Waals surface area contributed by atoms with E-state index in [1.807, 2.05) is 11.5 Å². The van der Waals surface area contributed by atoms with Crippen molar-refractivity contribution < 1.29 is 4.74 Å². The minimum absolute atomic E-state index is 0.602. The number of hydrogen-bond acceptors (Lipinski definition) is 4. The van der Waals surface area contributed by atoms with Crippen LogP contribution >= 0.6 is 0 Å². The molecule has 2 N–H and O–H groups in total. The molecule has 0 amide bonds. The highest BCUT2D eigenvalue weighted by molar-refractivity contribution is 5.68. The lowest BCUT2D eigenvalue weighted by Gasteiger charge is -2.37. The molecule has 1 aliphatic rings. The number of rotatable bonds is 5. The van der Waals surface area contributed by atoms with E-state index in [1.165, 1.54) is 6.42 Å². The molecule has 0 aliphatic carbocycles. The second-order valence-electron chi connectivity index (χ2n) is 6.12. The smallest absolute Gasteiger partial charge is 0.133 e. The van der Waals surface area contributed by atoms with Gasteiger partial charge in [0.1, 0.15) is 17.6 Å². The van der Waals surface area contributed by atoms with Gasteiger partial charge in [0.25, 0.3) is 0 Å². The van der Waals surface area contributed by atoms with Crippen molar-refractivity contribution in [3.8, 4) is 6.07 Å². The second kappa shape index (κ2) is 6.86. The van der Waals surface area contributed by atoms with Gasteiger partial charge in [-0.25, -0.2) is 0 Å². The lowest BCUT2D eigenvalue weighted by molar-refractivity contribution is 0.139. The molecule has 0 saturated carbocycles. The van der Waals surface area contributed by atoms with Crippen LogP contribution in [0, 0.1) is 23.2 Å².